The van der Waals surface area contributed by atoms with E-state index in [1.54, 1.807) is 32.4 Å². The van der Waals surface area contributed by atoms with Gasteiger partial charge in [-0.05, 0) is 42.3 Å². The highest BCUT2D eigenvalue weighted by Gasteiger charge is 2.42. The molecule has 2 unspecified atom stereocenters. The van der Waals surface area contributed by atoms with Crippen LogP contribution in [0.4, 0.5) is 5.69 Å². The van der Waals surface area contributed by atoms with Crippen molar-refractivity contribution in [1.29, 1.82) is 0 Å². The van der Waals surface area contributed by atoms with E-state index in [4.69, 9.17) is 9.47 Å². The highest BCUT2D eigenvalue weighted by Crippen LogP contribution is 2.34. The molecular weight excluding hydrogens is 450 g/mol. The summed E-state index contributed by atoms with van der Waals surface area (Å²) in [4.78, 5) is 17.1. The molecule has 2 aliphatic heterocycles. The summed E-state index contributed by atoms with van der Waals surface area (Å²) >= 11 is 1.45. The van der Waals surface area contributed by atoms with Crippen molar-refractivity contribution in [3.63, 3.8) is 0 Å². The molecule has 2 aromatic rings. The first kappa shape index (κ1) is 22.5. The summed E-state index contributed by atoms with van der Waals surface area (Å²) in [5.41, 5.74) is 2.31. The molecule has 0 saturated carbocycles. The van der Waals surface area contributed by atoms with Crippen LogP contribution in [0.15, 0.2) is 47.5 Å². The smallest absolute Gasteiger partial charge is 0.251 e. The molecule has 0 bridgehead atoms. The molecule has 10 heteroatoms. The number of methoxy groups -OCH3 is 2. The predicted molar refractivity (Wildman–Crippen MR) is 127 cm³/mol. The number of amides is 1. The molecule has 1 amide bonds. The van der Waals surface area contributed by atoms with Crippen molar-refractivity contribution in [1.82, 2.24) is 5.32 Å². The third-order valence-electron chi connectivity index (χ3n) is 5.34. The molecule has 2 heterocycles. The number of hydrogen-bond acceptors (Lipinski definition) is 8. The van der Waals surface area contributed by atoms with Gasteiger partial charge in [-0.3, -0.25) is 9.79 Å². The number of thioether (sulfide) groups is 1. The number of aliphatic imine (C=N–C) groups is 1. The van der Waals surface area contributed by atoms with Crippen LogP contribution in [-0.4, -0.2) is 63.1 Å². The average molecular weight is 476 g/mol. The van der Waals surface area contributed by atoms with Crippen LogP contribution in [-0.2, 0) is 16.3 Å². The molecule has 2 atom stereocenters. The first-order chi connectivity index (χ1) is 15.4. The summed E-state index contributed by atoms with van der Waals surface area (Å²) in [7, 11) is 0.205. The number of fused-ring (bicyclic) bond motifs is 1. The van der Waals surface area contributed by atoms with E-state index in [1.165, 1.54) is 11.8 Å². The zero-order chi connectivity index (χ0) is 22.7. The Bertz CT molecular complexity index is 1150. The summed E-state index contributed by atoms with van der Waals surface area (Å²) in [5.74, 6) is 1.43. The van der Waals surface area contributed by atoms with Gasteiger partial charge in [0.2, 0.25) is 0 Å². The maximum atomic E-state index is 12.6. The average Bonchev–Trinajstić information content (AvgIpc) is 3.26. The molecule has 32 heavy (non-hydrogen) atoms. The second kappa shape index (κ2) is 9.41. The van der Waals surface area contributed by atoms with Gasteiger partial charge in [-0.15, -0.1) is 0 Å². The number of carbonyl (C=O) groups excluding carboxylic acids is 1. The number of ether oxygens (including phenoxy) is 2. The molecule has 1 fully saturated rings. The molecule has 0 aliphatic carbocycles. The van der Waals surface area contributed by atoms with E-state index in [0.29, 0.717) is 35.2 Å². The predicted octanol–water partition coefficient (Wildman–Crippen LogP) is 2.36. The number of nitrogens with zero attached hydrogens (tertiary/aromatic N) is 1. The number of benzene rings is 2. The summed E-state index contributed by atoms with van der Waals surface area (Å²) in [5, 5.41) is 6.82. The summed E-state index contributed by atoms with van der Waals surface area (Å²) < 4.78 is 34.0. The normalized spacial score (nSPS) is 20.9. The van der Waals surface area contributed by atoms with Crippen LogP contribution in [0.25, 0.3) is 0 Å². The van der Waals surface area contributed by atoms with Gasteiger partial charge in [0.15, 0.2) is 26.5 Å². The fourth-order valence-corrected chi connectivity index (χ4v) is 7.41. The van der Waals surface area contributed by atoms with Gasteiger partial charge in [-0.1, -0.05) is 23.9 Å². The number of carbonyl (C=O) groups is 1. The van der Waals surface area contributed by atoms with Crippen molar-refractivity contribution in [2.24, 2.45) is 4.99 Å². The Labute approximate surface area is 191 Å². The molecule has 0 aromatic heterocycles. The number of sulfone groups is 1. The molecule has 8 nitrogen and oxygen atoms in total. The highest BCUT2D eigenvalue weighted by atomic mass is 32.2. The van der Waals surface area contributed by atoms with Crippen LogP contribution < -0.4 is 20.1 Å². The Morgan fingerprint density at radius 3 is 2.69 bits per heavy atom. The van der Waals surface area contributed by atoms with Gasteiger partial charge >= 0.3 is 0 Å². The number of rotatable bonds is 7. The van der Waals surface area contributed by atoms with Crippen LogP contribution in [0.1, 0.15) is 15.9 Å². The minimum atomic E-state index is -2.98. The first-order valence-electron chi connectivity index (χ1n) is 10.2. The Hall–Kier alpha value is -2.72. The fourth-order valence-electron chi connectivity index (χ4n) is 3.74. The zero-order valence-corrected chi connectivity index (χ0v) is 19.5. The third kappa shape index (κ3) is 5.18. The molecule has 170 valence electrons. The van der Waals surface area contributed by atoms with Gasteiger partial charge in [0.1, 0.15) is 0 Å². The quantitative estimate of drug-likeness (QED) is 0.633. The van der Waals surface area contributed by atoms with E-state index >= 15 is 0 Å². The lowest BCUT2D eigenvalue weighted by atomic mass is 10.1. The minimum absolute atomic E-state index is 0.0226. The summed E-state index contributed by atoms with van der Waals surface area (Å²) in [6, 6.07) is 12.7. The van der Waals surface area contributed by atoms with Gasteiger partial charge in [-0.25, -0.2) is 8.42 Å². The van der Waals surface area contributed by atoms with Crippen molar-refractivity contribution >= 4 is 38.4 Å². The number of amidine groups is 1. The van der Waals surface area contributed by atoms with Crippen LogP contribution in [0.5, 0.6) is 11.5 Å². The molecule has 1 saturated heterocycles. The SMILES string of the molecule is COc1ccc(CCNC(=O)c2cccc(NC3=NC4CS(=O)(=O)CC4S3)c2)cc1OC. The van der Waals surface area contributed by atoms with E-state index < -0.39 is 9.84 Å². The van der Waals surface area contributed by atoms with Crippen LogP contribution in [0.3, 0.4) is 0 Å². The van der Waals surface area contributed by atoms with E-state index in [9.17, 15) is 13.2 Å². The Morgan fingerprint density at radius 2 is 1.94 bits per heavy atom. The Morgan fingerprint density at radius 1 is 1.12 bits per heavy atom. The van der Waals surface area contributed by atoms with E-state index in [0.717, 1.165) is 11.3 Å². The van der Waals surface area contributed by atoms with E-state index in [2.05, 4.69) is 15.6 Å². The first-order valence-corrected chi connectivity index (χ1v) is 12.9. The van der Waals surface area contributed by atoms with Gasteiger partial charge in [0.25, 0.3) is 5.91 Å². The Balaban J connectivity index is 1.32. The van der Waals surface area contributed by atoms with Gasteiger partial charge in [-0.2, -0.15) is 0 Å². The largest absolute Gasteiger partial charge is 0.493 e. The van der Waals surface area contributed by atoms with Gasteiger partial charge in [0, 0.05) is 23.0 Å². The lowest BCUT2D eigenvalue weighted by Gasteiger charge is -2.11. The summed E-state index contributed by atoms with van der Waals surface area (Å²) in [6.45, 7) is 0.479. The number of anilines is 1. The maximum absolute atomic E-state index is 12.6. The van der Waals surface area contributed by atoms with Crippen molar-refractivity contribution in [2.75, 3.05) is 37.6 Å². The molecule has 4 rings (SSSR count). The number of hydrogen-bond donors (Lipinski definition) is 2. The molecule has 0 radical (unpaired) electrons. The molecule has 2 N–H and O–H groups in total. The van der Waals surface area contributed by atoms with E-state index in [-0.39, 0.29) is 28.7 Å². The zero-order valence-electron chi connectivity index (χ0n) is 17.8. The second-order valence-electron chi connectivity index (χ2n) is 7.64. The number of nitrogens with one attached hydrogen (secondary N) is 2. The third-order valence-corrected chi connectivity index (χ3v) is 8.48. The lowest BCUT2D eigenvalue weighted by molar-refractivity contribution is 0.0954. The maximum Gasteiger partial charge on any atom is 0.251 e. The minimum Gasteiger partial charge on any atom is -0.493 e. The van der Waals surface area contributed by atoms with E-state index in [1.807, 2.05) is 24.3 Å². The van der Waals surface area contributed by atoms with Crippen molar-refractivity contribution in [3.05, 3.63) is 53.6 Å². The van der Waals surface area contributed by atoms with Gasteiger partial charge in [0.05, 0.1) is 31.8 Å². The molecule has 2 aliphatic rings. The Kier molecular flexibility index (Phi) is 6.61. The van der Waals surface area contributed by atoms with Crippen LogP contribution in [0.2, 0.25) is 0 Å². The van der Waals surface area contributed by atoms with Crippen LogP contribution in [0, 0.1) is 0 Å². The van der Waals surface area contributed by atoms with Crippen molar-refractivity contribution in [3.8, 4) is 11.5 Å². The molecule has 2 aromatic carbocycles. The second-order valence-corrected chi connectivity index (χ2v) is 11.0. The van der Waals surface area contributed by atoms with Gasteiger partial charge < -0.3 is 20.1 Å². The highest BCUT2D eigenvalue weighted by molar-refractivity contribution is 8.15. The summed E-state index contributed by atoms with van der Waals surface area (Å²) in [6.07, 6.45) is 0.656. The molecule has 0 spiro atoms. The fraction of sp³-hybridized carbons (Fsp3) is 0.364. The van der Waals surface area contributed by atoms with Crippen LogP contribution >= 0.6 is 11.8 Å². The molecular formula is C22H25N3O5S2. The monoisotopic (exact) mass is 475 g/mol. The van der Waals surface area contributed by atoms with Crippen molar-refractivity contribution < 1.29 is 22.7 Å². The lowest BCUT2D eigenvalue weighted by Crippen LogP contribution is -2.25. The standard InChI is InChI=1S/C22H25N3O5S2/c1-29-18-7-6-14(10-19(18)30-2)8-9-23-21(26)15-4-3-5-16(11-15)24-22-25-17-12-32(27,28)13-20(17)31-22/h3-7,10-11,17,20H,8-9,12-13H2,1-2H3,(H,23,26)(H,24,25). The topological polar surface area (TPSA) is 106 Å². The van der Waals surface area contributed by atoms with Crippen molar-refractivity contribution in [2.45, 2.75) is 17.7 Å².